The van der Waals surface area contributed by atoms with E-state index in [2.05, 4.69) is 11.4 Å². The van der Waals surface area contributed by atoms with Gasteiger partial charge in [0.25, 0.3) is 5.91 Å². The zero-order chi connectivity index (χ0) is 11.3. The summed E-state index contributed by atoms with van der Waals surface area (Å²) in [5.74, 6) is -0.137. The number of halogens is 1. The molecule has 1 saturated carbocycles. The largest absolute Gasteiger partial charge is 0.348 e. The fourth-order valence-electron chi connectivity index (χ4n) is 2.66. The van der Waals surface area contributed by atoms with E-state index in [4.69, 9.17) is 16.9 Å². The van der Waals surface area contributed by atoms with Gasteiger partial charge >= 0.3 is 0 Å². The number of nitrogens with one attached hydrogen (secondary N) is 1. The van der Waals surface area contributed by atoms with Crippen LogP contribution in [0.3, 0.4) is 0 Å². The summed E-state index contributed by atoms with van der Waals surface area (Å²) in [6.07, 6.45) is 0.524. The lowest BCUT2D eigenvalue weighted by Crippen LogP contribution is -2.61. The predicted octanol–water partition coefficient (Wildman–Crippen LogP) is 1.79. The van der Waals surface area contributed by atoms with Gasteiger partial charge in [0.2, 0.25) is 0 Å². The number of hydrogen-bond donors (Lipinski definition) is 1. The zero-order valence-electron chi connectivity index (χ0n) is 8.40. The van der Waals surface area contributed by atoms with Gasteiger partial charge in [-0.3, -0.25) is 4.79 Å². The minimum absolute atomic E-state index is 0.0135. The van der Waals surface area contributed by atoms with Crippen LogP contribution in [-0.4, -0.2) is 16.8 Å². The average molecular weight is 233 g/mol. The highest BCUT2D eigenvalue weighted by atomic mass is 35.5. The average Bonchev–Trinajstić information content (AvgIpc) is 2.27. The maximum atomic E-state index is 11.7. The molecule has 2 aliphatic rings. The van der Waals surface area contributed by atoms with Gasteiger partial charge in [0.15, 0.2) is 0 Å². The summed E-state index contributed by atoms with van der Waals surface area (Å²) in [6.45, 7) is 0. The fourth-order valence-corrected chi connectivity index (χ4v) is 3.09. The molecule has 0 bridgehead atoms. The maximum absolute atomic E-state index is 11.7. The Balaban J connectivity index is 2.14. The molecule has 3 rings (SSSR count). The second-order valence-corrected chi connectivity index (χ2v) is 5.00. The van der Waals surface area contributed by atoms with Crippen LogP contribution in [-0.2, 0) is 0 Å². The van der Waals surface area contributed by atoms with Crippen LogP contribution in [0.5, 0.6) is 0 Å². The molecule has 1 aromatic rings. The Kier molecular flexibility index (Phi) is 1.81. The van der Waals surface area contributed by atoms with Crippen molar-refractivity contribution in [2.24, 2.45) is 0 Å². The van der Waals surface area contributed by atoms with E-state index in [9.17, 15) is 4.79 Å². The minimum atomic E-state index is -0.853. The van der Waals surface area contributed by atoms with Gasteiger partial charge in [-0.05, 0) is 11.6 Å². The van der Waals surface area contributed by atoms with Crippen LogP contribution < -0.4 is 5.32 Å². The molecule has 1 N–H and O–H groups in total. The van der Waals surface area contributed by atoms with E-state index in [0.29, 0.717) is 12.0 Å². The second kappa shape index (κ2) is 2.99. The monoisotopic (exact) mass is 232 g/mol. The first-order chi connectivity index (χ1) is 7.65. The molecule has 1 fully saturated rings. The topological polar surface area (TPSA) is 52.9 Å². The van der Waals surface area contributed by atoms with Crippen molar-refractivity contribution in [3.8, 4) is 6.07 Å². The quantitative estimate of drug-likeness (QED) is 0.694. The third-order valence-corrected chi connectivity index (χ3v) is 3.93. The molecule has 3 atom stereocenters. The molecule has 0 unspecified atom stereocenters. The molecular formula is C12H9ClN2O. The van der Waals surface area contributed by atoms with E-state index < -0.39 is 4.87 Å². The van der Waals surface area contributed by atoms with Crippen LogP contribution >= 0.6 is 11.6 Å². The standard InChI is InChI=1S/C12H9ClN2O/c13-12(6-14)5-9-10(12)7-3-1-2-4-8(7)11(16)15-9/h1-4,9-10H,5H2,(H,15,16)/t9-,10-,12-/m0/s1. The highest BCUT2D eigenvalue weighted by Crippen LogP contribution is 2.52. The third kappa shape index (κ3) is 1.05. The number of hydrogen-bond acceptors (Lipinski definition) is 2. The van der Waals surface area contributed by atoms with E-state index in [1.165, 1.54) is 0 Å². The van der Waals surface area contributed by atoms with Crippen molar-refractivity contribution in [3.63, 3.8) is 0 Å². The van der Waals surface area contributed by atoms with E-state index in [1.807, 2.05) is 18.2 Å². The molecule has 4 heteroatoms. The Bertz CT molecular complexity index is 522. The minimum Gasteiger partial charge on any atom is -0.348 e. The van der Waals surface area contributed by atoms with Crippen molar-refractivity contribution in [2.75, 3.05) is 0 Å². The number of carbonyl (C=O) groups is 1. The number of fused-ring (bicyclic) bond motifs is 3. The summed E-state index contributed by atoms with van der Waals surface area (Å²) in [6, 6.07) is 9.52. The first-order valence-corrected chi connectivity index (χ1v) is 5.53. The summed E-state index contributed by atoms with van der Waals surface area (Å²) >= 11 is 6.23. The number of benzene rings is 1. The first kappa shape index (κ1) is 9.68. The van der Waals surface area contributed by atoms with Crippen LogP contribution in [0.4, 0.5) is 0 Å². The van der Waals surface area contributed by atoms with Crippen molar-refractivity contribution in [1.29, 1.82) is 5.26 Å². The van der Waals surface area contributed by atoms with Crippen molar-refractivity contribution >= 4 is 17.5 Å². The van der Waals surface area contributed by atoms with E-state index in [1.54, 1.807) is 6.07 Å². The van der Waals surface area contributed by atoms with Crippen molar-refractivity contribution in [3.05, 3.63) is 35.4 Å². The molecule has 0 saturated heterocycles. The van der Waals surface area contributed by atoms with Crippen LogP contribution in [0.1, 0.15) is 28.3 Å². The molecule has 0 aromatic heterocycles. The van der Waals surface area contributed by atoms with Gasteiger partial charge in [-0.15, -0.1) is 11.6 Å². The molecule has 80 valence electrons. The Hall–Kier alpha value is -1.53. The highest BCUT2D eigenvalue weighted by molar-refractivity contribution is 6.27. The van der Waals surface area contributed by atoms with Crippen LogP contribution in [0.25, 0.3) is 0 Å². The maximum Gasteiger partial charge on any atom is 0.251 e. The van der Waals surface area contributed by atoms with Gasteiger partial charge in [0, 0.05) is 23.9 Å². The number of nitriles is 1. The molecule has 1 aliphatic carbocycles. The van der Waals surface area contributed by atoms with Crippen molar-refractivity contribution in [2.45, 2.75) is 23.3 Å². The molecule has 16 heavy (non-hydrogen) atoms. The number of rotatable bonds is 0. The molecule has 3 nitrogen and oxygen atoms in total. The second-order valence-electron chi connectivity index (χ2n) is 4.32. The van der Waals surface area contributed by atoms with E-state index in [-0.39, 0.29) is 17.9 Å². The molecule has 1 aromatic carbocycles. The summed E-state index contributed by atoms with van der Waals surface area (Å²) < 4.78 is 0. The predicted molar refractivity (Wildman–Crippen MR) is 59.3 cm³/mol. The van der Waals surface area contributed by atoms with Crippen LogP contribution in [0, 0.1) is 11.3 Å². The van der Waals surface area contributed by atoms with Gasteiger partial charge < -0.3 is 5.32 Å². The number of carbonyl (C=O) groups excluding carboxylic acids is 1. The van der Waals surface area contributed by atoms with Gasteiger partial charge in [-0.1, -0.05) is 18.2 Å². The molecule has 1 amide bonds. The van der Waals surface area contributed by atoms with Gasteiger partial charge in [-0.2, -0.15) is 5.26 Å². The summed E-state index contributed by atoms with van der Waals surface area (Å²) in [5, 5.41) is 12.0. The Labute approximate surface area is 98.0 Å². The first-order valence-electron chi connectivity index (χ1n) is 5.16. The van der Waals surface area contributed by atoms with Crippen molar-refractivity contribution < 1.29 is 4.79 Å². The zero-order valence-corrected chi connectivity index (χ0v) is 9.16. The van der Waals surface area contributed by atoms with Crippen LogP contribution in [0.15, 0.2) is 24.3 Å². The molecule has 1 aliphatic heterocycles. The van der Waals surface area contributed by atoms with Crippen LogP contribution in [0.2, 0.25) is 0 Å². The van der Waals surface area contributed by atoms with E-state index in [0.717, 1.165) is 5.56 Å². The Morgan fingerprint density at radius 3 is 3.00 bits per heavy atom. The van der Waals surface area contributed by atoms with Crippen molar-refractivity contribution in [1.82, 2.24) is 5.32 Å². The highest BCUT2D eigenvalue weighted by Gasteiger charge is 2.57. The fraction of sp³-hybridized carbons (Fsp3) is 0.333. The van der Waals surface area contributed by atoms with Gasteiger partial charge in [0.1, 0.15) is 4.87 Å². The molecule has 1 heterocycles. The SMILES string of the molecule is N#C[C@@]1(Cl)C[C@@H]2NC(=O)c3ccccc3[C@@H]21. The lowest BCUT2D eigenvalue weighted by atomic mass is 9.63. The third-order valence-electron chi connectivity index (χ3n) is 3.46. The smallest absolute Gasteiger partial charge is 0.251 e. The molecular weight excluding hydrogens is 224 g/mol. The Morgan fingerprint density at radius 1 is 1.50 bits per heavy atom. The molecule has 0 spiro atoms. The normalized spacial score (nSPS) is 35.1. The molecule has 0 radical (unpaired) electrons. The summed E-state index contributed by atoms with van der Waals surface area (Å²) in [7, 11) is 0. The van der Waals surface area contributed by atoms with Gasteiger partial charge in [-0.25, -0.2) is 0 Å². The summed E-state index contributed by atoms with van der Waals surface area (Å²) in [5.41, 5.74) is 1.54. The lowest BCUT2D eigenvalue weighted by molar-refractivity contribution is 0.0862. The van der Waals surface area contributed by atoms with Gasteiger partial charge in [0.05, 0.1) is 6.07 Å². The number of nitrogens with zero attached hydrogens (tertiary/aromatic N) is 1. The van der Waals surface area contributed by atoms with E-state index >= 15 is 0 Å². The summed E-state index contributed by atoms with van der Waals surface area (Å²) in [4.78, 5) is 10.9. The number of alkyl halides is 1. The Morgan fingerprint density at radius 2 is 2.25 bits per heavy atom. The number of amides is 1. The lowest BCUT2D eigenvalue weighted by Gasteiger charge is -2.50.